The van der Waals surface area contributed by atoms with Gasteiger partial charge in [0, 0.05) is 21.8 Å². The van der Waals surface area contributed by atoms with Gasteiger partial charge in [-0.2, -0.15) is 0 Å². The monoisotopic (exact) mass is 438 g/mol. The van der Waals surface area contributed by atoms with Crippen molar-refractivity contribution in [2.75, 3.05) is 11.9 Å². The molecule has 0 spiro atoms. The van der Waals surface area contributed by atoms with Crippen LogP contribution in [-0.4, -0.2) is 23.5 Å². The van der Waals surface area contributed by atoms with Gasteiger partial charge in [-0.3, -0.25) is 9.59 Å². The third-order valence-corrected chi connectivity index (χ3v) is 7.15. The zero-order valence-corrected chi connectivity index (χ0v) is 19.1. The molecule has 1 unspecified atom stereocenters. The van der Waals surface area contributed by atoms with Crippen LogP contribution in [0.2, 0.25) is 0 Å². The molecule has 0 aliphatic heterocycles. The number of carboxylic acid groups (broad SMARTS) is 1. The molecular formula is C25H30N2O3S. The van der Waals surface area contributed by atoms with Crippen LogP contribution in [0, 0.1) is 12.8 Å². The van der Waals surface area contributed by atoms with Crippen LogP contribution in [0.1, 0.15) is 60.0 Å². The molecule has 31 heavy (non-hydrogen) atoms. The zero-order valence-electron chi connectivity index (χ0n) is 18.3. The Labute approximate surface area is 187 Å². The van der Waals surface area contributed by atoms with Crippen molar-refractivity contribution in [3.05, 3.63) is 64.5 Å². The van der Waals surface area contributed by atoms with E-state index in [1.165, 1.54) is 20.5 Å². The zero-order chi connectivity index (χ0) is 22.4. The Hall–Kier alpha value is -2.86. The number of fused-ring (bicyclic) bond motifs is 1. The summed E-state index contributed by atoms with van der Waals surface area (Å²) in [4.78, 5) is 24.8. The van der Waals surface area contributed by atoms with Crippen LogP contribution in [0.4, 0.5) is 5.69 Å². The summed E-state index contributed by atoms with van der Waals surface area (Å²) in [5.41, 5.74) is 2.58. The van der Waals surface area contributed by atoms with Crippen LogP contribution in [0.3, 0.4) is 0 Å². The van der Waals surface area contributed by atoms with Gasteiger partial charge in [0.05, 0.1) is 18.0 Å². The Morgan fingerprint density at radius 3 is 2.39 bits per heavy atom. The van der Waals surface area contributed by atoms with Gasteiger partial charge >= 0.3 is 5.97 Å². The molecule has 3 N–H and O–H groups in total. The summed E-state index contributed by atoms with van der Waals surface area (Å²) in [7, 11) is 0. The lowest BCUT2D eigenvalue weighted by Crippen LogP contribution is -2.28. The van der Waals surface area contributed by atoms with Gasteiger partial charge in [0.25, 0.3) is 5.91 Å². The van der Waals surface area contributed by atoms with Crippen LogP contribution in [0.15, 0.2) is 48.5 Å². The number of benzene rings is 2. The van der Waals surface area contributed by atoms with Crippen LogP contribution in [0.5, 0.6) is 0 Å². The van der Waals surface area contributed by atoms with Crippen molar-refractivity contribution >= 4 is 39.0 Å². The van der Waals surface area contributed by atoms with Crippen molar-refractivity contribution in [1.82, 2.24) is 5.32 Å². The second-order valence-electron chi connectivity index (χ2n) is 7.73. The first-order chi connectivity index (χ1) is 15.0. The number of carboxylic acids is 1. The standard InChI is InChI=1S/C25H30N2O3S/c1-4-17(5-2)23(24-16(3)18-10-7-9-13-21(18)31-24)27-20-12-8-6-11-19(20)25(30)26-15-14-22(28)29/h6-13,17,23,27H,4-5,14-15H2,1-3H3,(H,26,30)(H,28,29). The van der Waals surface area contributed by atoms with Crippen LogP contribution in [0.25, 0.3) is 10.1 Å². The lowest BCUT2D eigenvalue weighted by atomic mass is 9.90. The number of para-hydroxylation sites is 1. The molecule has 1 amide bonds. The highest BCUT2D eigenvalue weighted by molar-refractivity contribution is 7.19. The van der Waals surface area contributed by atoms with Gasteiger partial charge < -0.3 is 15.7 Å². The molecule has 0 bridgehead atoms. The van der Waals surface area contributed by atoms with Crippen LogP contribution < -0.4 is 10.6 Å². The summed E-state index contributed by atoms with van der Waals surface area (Å²) < 4.78 is 1.27. The number of anilines is 1. The quantitative estimate of drug-likeness (QED) is 0.362. The van der Waals surface area contributed by atoms with Crippen molar-refractivity contribution in [3.8, 4) is 0 Å². The maximum absolute atomic E-state index is 12.7. The molecule has 0 radical (unpaired) electrons. The molecule has 5 nitrogen and oxygen atoms in total. The smallest absolute Gasteiger partial charge is 0.305 e. The fourth-order valence-electron chi connectivity index (χ4n) is 4.00. The first kappa shape index (κ1) is 22.8. The van der Waals surface area contributed by atoms with E-state index in [9.17, 15) is 9.59 Å². The van der Waals surface area contributed by atoms with Crippen molar-refractivity contribution in [2.45, 2.75) is 46.1 Å². The van der Waals surface area contributed by atoms with Crippen LogP contribution in [-0.2, 0) is 4.79 Å². The Balaban J connectivity index is 1.95. The molecule has 164 valence electrons. The van der Waals surface area contributed by atoms with E-state index in [-0.39, 0.29) is 24.9 Å². The summed E-state index contributed by atoms with van der Waals surface area (Å²) >= 11 is 1.81. The van der Waals surface area contributed by atoms with E-state index in [1.54, 1.807) is 6.07 Å². The fraction of sp³-hybridized carbons (Fsp3) is 0.360. The highest BCUT2D eigenvalue weighted by atomic mass is 32.1. The molecule has 3 rings (SSSR count). The average molecular weight is 439 g/mol. The molecule has 1 heterocycles. The maximum atomic E-state index is 12.7. The number of hydrogen-bond donors (Lipinski definition) is 3. The molecule has 0 saturated heterocycles. The number of rotatable bonds is 10. The summed E-state index contributed by atoms with van der Waals surface area (Å²) in [5.74, 6) is -0.781. The molecule has 3 aromatic rings. The molecule has 1 atom stereocenters. The molecule has 6 heteroatoms. The normalized spacial score (nSPS) is 12.1. The number of carbonyl (C=O) groups excluding carboxylic acids is 1. The number of aryl methyl sites for hydroxylation is 1. The predicted octanol–water partition coefficient (Wildman–Crippen LogP) is 6.00. The lowest BCUT2D eigenvalue weighted by molar-refractivity contribution is -0.136. The predicted molar refractivity (Wildman–Crippen MR) is 128 cm³/mol. The van der Waals surface area contributed by atoms with Gasteiger partial charge in [0.15, 0.2) is 0 Å². The molecule has 0 aliphatic rings. The van der Waals surface area contributed by atoms with Crippen LogP contribution >= 0.6 is 11.3 Å². The highest BCUT2D eigenvalue weighted by Crippen LogP contribution is 2.41. The topological polar surface area (TPSA) is 78.4 Å². The third-order valence-electron chi connectivity index (χ3n) is 5.79. The summed E-state index contributed by atoms with van der Waals surface area (Å²) in [5, 5.41) is 16.5. The first-order valence-corrected chi connectivity index (χ1v) is 11.6. The SMILES string of the molecule is CCC(CC)C(Nc1ccccc1C(=O)NCCC(=O)O)c1sc2ccccc2c1C. The molecule has 0 aliphatic carbocycles. The van der Waals surface area contributed by atoms with Crippen molar-refractivity contribution in [2.24, 2.45) is 5.92 Å². The second-order valence-corrected chi connectivity index (χ2v) is 8.82. The summed E-state index contributed by atoms with van der Waals surface area (Å²) in [6.07, 6.45) is 1.95. The number of aliphatic carboxylic acids is 1. The number of hydrogen-bond acceptors (Lipinski definition) is 4. The van der Waals surface area contributed by atoms with E-state index in [0.29, 0.717) is 11.5 Å². The van der Waals surface area contributed by atoms with E-state index < -0.39 is 5.97 Å². The number of thiophene rings is 1. The van der Waals surface area contributed by atoms with E-state index in [0.717, 1.165) is 18.5 Å². The van der Waals surface area contributed by atoms with Gasteiger partial charge in [0.1, 0.15) is 0 Å². The van der Waals surface area contributed by atoms with E-state index in [2.05, 4.69) is 55.7 Å². The Morgan fingerprint density at radius 2 is 1.71 bits per heavy atom. The minimum atomic E-state index is -0.930. The van der Waals surface area contributed by atoms with E-state index in [1.807, 2.05) is 29.5 Å². The lowest BCUT2D eigenvalue weighted by Gasteiger charge is -2.28. The number of carbonyl (C=O) groups is 2. The van der Waals surface area contributed by atoms with Crippen molar-refractivity contribution in [1.29, 1.82) is 0 Å². The van der Waals surface area contributed by atoms with Crippen molar-refractivity contribution in [3.63, 3.8) is 0 Å². The Morgan fingerprint density at radius 1 is 1.03 bits per heavy atom. The number of nitrogens with one attached hydrogen (secondary N) is 2. The molecule has 0 saturated carbocycles. The van der Waals surface area contributed by atoms with Gasteiger partial charge in [-0.25, -0.2) is 0 Å². The highest BCUT2D eigenvalue weighted by Gasteiger charge is 2.26. The van der Waals surface area contributed by atoms with E-state index >= 15 is 0 Å². The van der Waals surface area contributed by atoms with Gasteiger partial charge in [-0.1, -0.05) is 57.0 Å². The van der Waals surface area contributed by atoms with Gasteiger partial charge in [-0.15, -0.1) is 11.3 Å². The molecular weight excluding hydrogens is 408 g/mol. The largest absolute Gasteiger partial charge is 0.481 e. The second kappa shape index (κ2) is 10.4. The van der Waals surface area contributed by atoms with E-state index in [4.69, 9.17) is 5.11 Å². The average Bonchev–Trinajstić information content (AvgIpc) is 3.10. The fourth-order valence-corrected chi connectivity index (χ4v) is 5.36. The van der Waals surface area contributed by atoms with Crippen molar-refractivity contribution < 1.29 is 14.7 Å². The summed E-state index contributed by atoms with van der Waals surface area (Å²) in [6, 6.07) is 16.0. The summed E-state index contributed by atoms with van der Waals surface area (Å²) in [6.45, 7) is 6.69. The first-order valence-electron chi connectivity index (χ1n) is 10.8. The molecule has 1 aromatic heterocycles. The molecule has 0 fully saturated rings. The number of amides is 1. The Bertz CT molecular complexity index is 1060. The van der Waals surface area contributed by atoms with Gasteiger partial charge in [0.2, 0.25) is 0 Å². The third kappa shape index (κ3) is 5.25. The Kier molecular flexibility index (Phi) is 7.69. The van der Waals surface area contributed by atoms with Gasteiger partial charge in [-0.05, 0) is 42.0 Å². The molecule has 2 aromatic carbocycles. The maximum Gasteiger partial charge on any atom is 0.305 e. The minimum Gasteiger partial charge on any atom is -0.481 e. The minimum absolute atomic E-state index is 0.0837.